The second-order valence-corrected chi connectivity index (χ2v) is 8.53. The van der Waals surface area contributed by atoms with Crippen LogP contribution in [0.15, 0.2) is 30.3 Å². The molecule has 0 amide bonds. The van der Waals surface area contributed by atoms with Crippen LogP contribution in [0.1, 0.15) is 4.88 Å². The Bertz CT molecular complexity index is 924. The van der Waals surface area contributed by atoms with Gasteiger partial charge in [-0.25, -0.2) is 14.4 Å². The van der Waals surface area contributed by atoms with Crippen LogP contribution in [0.5, 0.6) is 0 Å². The maximum atomic E-state index is 14.4. The van der Waals surface area contributed by atoms with E-state index in [1.807, 2.05) is 6.07 Å². The van der Waals surface area contributed by atoms with E-state index >= 15 is 0 Å². The fourth-order valence-electron chi connectivity index (χ4n) is 3.24. The Morgan fingerprint density at radius 2 is 1.84 bits per heavy atom. The van der Waals surface area contributed by atoms with Crippen LogP contribution in [0.4, 0.5) is 10.3 Å². The molecule has 0 aliphatic carbocycles. The molecule has 130 valence electrons. The van der Waals surface area contributed by atoms with Gasteiger partial charge in [-0.3, -0.25) is 0 Å². The summed E-state index contributed by atoms with van der Waals surface area (Å²) in [6.07, 6.45) is 0. The first-order valence-electron chi connectivity index (χ1n) is 8.53. The summed E-state index contributed by atoms with van der Waals surface area (Å²) in [6.45, 7) is 6.00. The molecule has 4 rings (SSSR count). The third kappa shape index (κ3) is 3.12. The Kier molecular flexibility index (Phi) is 3.96. The van der Waals surface area contributed by atoms with E-state index in [0.717, 1.165) is 45.8 Å². The number of rotatable bonds is 2. The summed E-state index contributed by atoms with van der Waals surface area (Å²) >= 11 is 1.64. The van der Waals surface area contributed by atoms with Crippen LogP contribution in [0.3, 0.4) is 0 Å². The molecule has 25 heavy (non-hydrogen) atoms. The number of hydrogen-bond acceptors (Lipinski definition) is 4. The van der Waals surface area contributed by atoms with Crippen molar-refractivity contribution in [3.63, 3.8) is 0 Å². The summed E-state index contributed by atoms with van der Waals surface area (Å²) in [4.78, 5) is 13.9. The van der Waals surface area contributed by atoms with Gasteiger partial charge < -0.3 is 9.38 Å². The smallest absolute Gasteiger partial charge is 0.227 e. The molecule has 1 aliphatic rings. The van der Waals surface area contributed by atoms with Gasteiger partial charge in [0.15, 0.2) is 0 Å². The molecule has 0 N–H and O–H groups in total. The van der Waals surface area contributed by atoms with E-state index in [1.165, 1.54) is 6.07 Å². The van der Waals surface area contributed by atoms with Crippen LogP contribution >= 0.6 is 11.3 Å². The van der Waals surface area contributed by atoms with Crippen molar-refractivity contribution in [1.82, 2.24) is 9.97 Å². The molecule has 1 saturated heterocycles. The van der Waals surface area contributed by atoms with Crippen LogP contribution in [0.2, 0.25) is 0 Å². The number of fused-ring (bicyclic) bond motifs is 1. The molecule has 0 bridgehead atoms. The van der Waals surface area contributed by atoms with Gasteiger partial charge in [-0.2, -0.15) is 0 Å². The van der Waals surface area contributed by atoms with Crippen LogP contribution in [0.25, 0.3) is 21.5 Å². The van der Waals surface area contributed by atoms with Crippen molar-refractivity contribution in [2.45, 2.75) is 6.92 Å². The Labute approximate surface area is 151 Å². The second kappa shape index (κ2) is 6.04. The fourth-order valence-corrected chi connectivity index (χ4v) is 4.11. The number of hydrogen-bond donors (Lipinski definition) is 0. The van der Waals surface area contributed by atoms with Crippen molar-refractivity contribution in [1.29, 1.82) is 0 Å². The van der Waals surface area contributed by atoms with Crippen LogP contribution in [-0.2, 0) is 0 Å². The number of halogens is 1. The summed E-state index contributed by atoms with van der Waals surface area (Å²) in [6, 6.07) is 8.91. The summed E-state index contributed by atoms with van der Waals surface area (Å²) in [7, 11) is 4.49. The Morgan fingerprint density at radius 1 is 1.12 bits per heavy atom. The first-order chi connectivity index (χ1) is 11.9. The minimum atomic E-state index is -0.242. The van der Waals surface area contributed by atoms with Crippen molar-refractivity contribution in [3.8, 4) is 11.3 Å². The van der Waals surface area contributed by atoms with Gasteiger partial charge >= 0.3 is 0 Å². The van der Waals surface area contributed by atoms with Gasteiger partial charge in [-0.1, -0.05) is 12.1 Å². The molecular formula is C19H22FN4S+. The molecule has 0 spiro atoms. The van der Waals surface area contributed by atoms with Crippen LogP contribution in [-0.4, -0.2) is 54.7 Å². The standard InChI is InChI=1S/C19H22FN4S/c1-13-12-15-17(14-6-4-5-7-16(14)20)21-19(22-18(15)25-13)23-8-10-24(2,3)11-9-23/h4-7,12H,8-11H2,1-3H3/q+1. The lowest BCUT2D eigenvalue weighted by molar-refractivity contribution is -0.890. The zero-order valence-corrected chi connectivity index (χ0v) is 15.6. The minimum Gasteiger partial charge on any atom is -0.329 e. The molecule has 1 aliphatic heterocycles. The van der Waals surface area contributed by atoms with Gasteiger partial charge in [0, 0.05) is 15.8 Å². The number of piperazine rings is 1. The Hall–Kier alpha value is -2.05. The van der Waals surface area contributed by atoms with Gasteiger partial charge in [0.1, 0.15) is 10.6 Å². The van der Waals surface area contributed by atoms with E-state index in [2.05, 4.69) is 32.0 Å². The summed E-state index contributed by atoms with van der Waals surface area (Å²) < 4.78 is 15.4. The monoisotopic (exact) mass is 357 g/mol. The predicted octanol–water partition coefficient (Wildman–Crippen LogP) is 3.70. The molecule has 0 atom stereocenters. The molecule has 4 nitrogen and oxygen atoms in total. The predicted molar refractivity (Wildman–Crippen MR) is 102 cm³/mol. The highest BCUT2D eigenvalue weighted by molar-refractivity contribution is 7.18. The zero-order chi connectivity index (χ0) is 17.6. The van der Waals surface area contributed by atoms with Crippen molar-refractivity contribution >= 4 is 27.5 Å². The maximum absolute atomic E-state index is 14.4. The van der Waals surface area contributed by atoms with E-state index in [4.69, 9.17) is 9.97 Å². The third-order valence-corrected chi connectivity index (χ3v) is 5.81. The number of aryl methyl sites for hydroxylation is 1. The number of likely N-dealkylation sites (N-methyl/N-ethyl adjacent to an activating group) is 1. The molecule has 1 fully saturated rings. The number of nitrogens with zero attached hydrogens (tertiary/aromatic N) is 4. The van der Waals surface area contributed by atoms with Gasteiger partial charge in [0.2, 0.25) is 5.95 Å². The van der Waals surface area contributed by atoms with E-state index in [1.54, 1.807) is 23.5 Å². The lowest BCUT2D eigenvalue weighted by Gasteiger charge is -2.39. The lowest BCUT2D eigenvalue weighted by Crippen LogP contribution is -2.55. The van der Waals surface area contributed by atoms with E-state index < -0.39 is 0 Å². The molecular weight excluding hydrogens is 335 g/mol. The van der Waals surface area contributed by atoms with Gasteiger partial charge in [0.25, 0.3) is 0 Å². The second-order valence-electron chi connectivity index (χ2n) is 7.30. The average Bonchev–Trinajstić information content (AvgIpc) is 2.95. The molecule has 2 aromatic heterocycles. The fraction of sp³-hybridized carbons (Fsp3) is 0.368. The van der Waals surface area contributed by atoms with Crippen LogP contribution in [0, 0.1) is 12.7 Å². The first-order valence-corrected chi connectivity index (χ1v) is 9.35. The number of thiophene rings is 1. The Morgan fingerprint density at radius 3 is 2.56 bits per heavy atom. The van der Waals surface area contributed by atoms with E-state index in [-0.39, 0.29) is 5.82 Å². The van der Waals surface area contributed by atoms with Gasteiger partial charge in [-0.15, -0.1) is 11.3 Å². The van der Waals surface area contributed by atoms with Gasteiger partial charge in [-0.05, 0) is 25.1 Å². The number of aromatic nitrogens is 2. The highest BCUT2D eigenvalue weighted by Crippen LogP contribution is 2.34. The zero-order valence-electron chi connectivity index (χ0n) is 14.8. The van der Waals surface area contributed by atoms with Gasteiger partial charge in [0.05, 0.1) is 46.0 Å². The third-order valence-electron chi connectivity index (χ3n) is 4.87. The largest absolute Gasteiger partial charge is 0.329 e. The van der Waals surface area contributed by atoms with Crippen molar-refractivity contribution in [3.05, 3.63) is 41.0 Å². The number of benzene rings is 1. The Balaban J connectivity index is 1.83. The molecule has 0 unspecified atom stereocenters. The first kappa shape index (κ1) is 16.4. The summed E-state index contributed by atoms with van der Waals surface area (Å²) in [5.41, 5.74) is 1.24. The SMILES string of the molecule is Cc1cc2c(-c3ccccc3F)nc(N3CC[N+](C)(C)CC3)nc2s1. The topological polar surface area (TPSA) is 29.0 Å². The normalized spacial score (nSPS) is 17.2. The quantitative estimate of drug-likeness (QED) is 0.655. The van der Waals surface area contributed by atoms with Crippen LogP contribution < -0.4 is 4.90 Å². The van der Waals surface area contributed by atoms with Crippen molar-refractivity contribution in [2.24, 2.45) is 0 Å². The minimum absolute atomic E-state index is 0.242. The molecule has 1 aromatic carbocycles. The number of quaternary nitrogens is 1. The summed E-state index contributed by atoms with van der Waals surface area (Å²) in [5.74, 6) is 0.473. The molecule has 3 aromatic rings. The molecule has 0 radical (unpaired) electrons. The van der Waals surface area contributed by atoms with E-state index in [0.29, 0.717) is 17.2 Å². The van der Waals surface area contributed by atoms with E-state index in [9.17, 15) is 4.39 Å². The lowest BCUT2D eigenvalue weighted by atomic mass is 10.1. The molecule has 3 heterocycles. The van der Waals surface area contributed by atoms with Crippen molar-refractivity contribution < 1.29 is 8.87 Å². The number of anilines is 1. The highest BCUT2D eigenvalue weighted by Gasteiger charge is 2.27. The molecule has 6 heteroatoms. The maximum Gasteiger partial charge on any atom is 0.227 e. The molecule has 0 saturated carbocycles. The van der Waals surface area contributed by atoms with Crippen molar-refractivity contribution in [2.75, 3.05) is 45.2 Å². The summed E-state index contributed by atoms with van der Waals surface area (Å²) in [5, 5.41) is 0.935. The highest BCUT2D eigenvalue weighted by atomic mass is 32.1. The average molecular weight is 357 g/mol.